The summed E-state index contributed by atoms with van der Waals surface area (Å²) in [6.45, 7) is 8.75. The molecular weight excluding hydrogens is 426 g/mol. The summed E-state index contributed by atoms with van der Waals surface area (Å²) in [6.07, 6.45) is -3.15. The van der Waals surface area contributed by atoms with E-state index in [0.717, 1.165) is 6.07 Å². The molecule has 0 aromatic heterocycles. The summed E-state index contributed by atoms with van der Waals surface area (Å²) < 4.78 is 52.5. The Labute approximate surface area is 165 Å². The highest BCUT2D eigenvalue weighted by molar-refractivity contribution is 9.10. The number of nitrogens with one attached hydrogen (secondary N) is 1. The molecule has 0 radical (unpaired) electrons. The lowest BCUT2D eigenvalue weighted by Gasteiger charge is -2.32. The van der Waals surface area contributed by atoms with Crippen molar-refractivity contribution in [2.75, 3.05) is 6.54 Å². The molecule has 148 valence electrons. The minimum absolute atomic E-state index is 0.0134. The van der Waals surface area contributed by atoms with Gasteiger partial charge >= 0.3 is 13.3 Å². The van der Waals surface area contributed by atoms with Crippen LogP contribution in [0.5, 0.6) is 0 Å². The van der Waals surface area contributed by atoms with Gasteiger partial charge in [0.1, 0.15) is 0 Å². The molecule has 1 aliphatic heterocycles. The lowest BCUT2D eigenvalue weighted by molar-refractivity contribution is -0.137. The largest absolute Gasteiger partial charge is 0.492 e. The van der Waals surface area contributed by atoms with Crippen molar-refractivity contribution in [1.82, 2.24) is 5.32 Å². The second-order valence-electron chi connectivity index (χ2n) is 7.45. The highest BCUT2D eigenvalue weighted by Crippen LogP contribution is 2.40. The van der Waals surface area contributed by atoms with Gasteiger partial charge in [-0.3, -0.25) is 4.79 Å². The van der Waals surface area contributed by atoms with Crippen molar-refractivity contribution in [2.45, 2.75) is 52.0 Å². The minimum atomic E-state index is -4.52. The Morgan fingerprint density at radius 3 is 2.26 bits per heavy atom. The molecule has 1 aliphatic rings. The van der Waals surface area contributed by atoms with Crippen LogP contribution in [-0.2, 0) is 20.3 Å². The van der Waals surface area contributed by atoms with E-state index >= 15 is 0 Å². The molecule has 1 N–H and O–H groups in total. The number of halogens is 4. The molecule has 27 heavy (non-hydrogen) atoms. The third-order valence-electron chi connectivity index (χ3n) is 4.76. The van der Waals surface area contributed by atoms with Crippen molar-refractivity contribution < 1.29 is 27.3 Å². The number of hydrogen-bond acceptors (Lipinski definition) is 3. The monoisotopic (exact) mass is 447 g/mol. The summed E-state index contributed by atoms with van der Waals surface area (Å²) in [5, 5.41) is 2.61. The number of benzene rings is 1. The van der Waals surface area contributed by atoms with Crippen LogP contribution in [0.1, 0.15) is 45.7 Å². The van der Waals surface area contributed by atoms with Gasteiger partial charge in [-0.2, -0.15) is 13.2 Å². The van der Waals surface area contributed by atoms with E-state index in [-0.39, 0.29) is 18.0 Å². The second kappa shape index (κ2) is 7.60. The van der Waals surface area contributed by atoms with Crippen molar-refractivity contribution in [3.63, 3.8) is 0 Å². The zero-order chi connectivity index (χ0) is 20.6. The van der Waals surface area contributed by atoms with E-state index in [4.69, 9.17) is 9.31 Å². The summed E-state index contributed by atoms with van der Waals surface area (Å²) in [6, 6.07) is 3.92. The van der Waals surface area contributed by atoms with E-state index in [1.807, 2.05) is 27.7 Å². The van der Waals surface area contributed by atoms with Crippen LogP contribution in [0.3, 0.4) is 0 Å². The molecule has 1 aromatic carbocycles. The van der Waals surface area contributed by atoms with Crippen LogP contribution in [0.2, 0.25) is 0 Å². The number of hydrogen-bond donors (Lipinski definition) is 1. The lowest BCUT2D eigenvalue weighted by atomic mass is 9.76. The van der Waals surface area contributed by atoms with E-state index < -0.39 is 30.1 Å². The molecule has 0 saturated carbocycles. The van der Waals surface area contributed by atoms with E-state index in [9.17, 15) is 18.0 Å². The van der Waals surface area contributed by atoms with Crippen LogP contribution >= 0.6 is 15.9 Å². The number of amides is 1. The molecule has 1 aromatic rings. The molecule has 1 saturated heterocycles. The van der Waals surface area contributed by atoms with E-state index in [1.165, 1.54) is 25.1 Å². The molecule has 0 unspecified atom stereocenters. The van der Waals surface area contributed by atoms with E-state index in [0.29, 0.717) is 9.95 Å². The van der Waals surface area contributed by atoms with Crippen molar-refractivity contribution in [3.8, 4) is 0 Å². The zero-order valence-electron chi connectivity index (χ0n) is 15.8. The molecule has 9 heteroatoms. The topological polar surface area (TPSA) is 47.6 Å². The SMILES string of the molecule is CC(=O)NCC(=Cc1ccc(Br)cc1C(F)(F)F)B1OC(C)(C)C(C)(C)O1. The van der Waals surface area contributed by atoms with Gasteiger partial charge in [0.25, 0.3) is 0 Å². The van der Waals surface area contributed by atoms with Gasteiger partial charge in [0.15, 0.2) is 0 Å². The van der Waals surface area contributed by atoms with Crippen LogP contribution in [0.15, 0.2) is 28.1 Å². The number of carbonyl (C=O) groups excluding carboxylic acids is 1. The van der Waals surface area contributed by atoms with Crippen LogP contribution in [0.25, 0.3) is 6.08 Å². The Balaban J connectivity index is 2.48. The number of alkyl halides is 3. The summed E-state index contributed by atoms with van der Waals surface area (Å²) >= 11 is 3.07. The molecule has 1 heterocycles. The van der Waals surface area contributed by atoms with Gasteiger partial charge in [-0.25, -0.2) is 0 Å². The quantitative estimate of drug-likeness (QED) is 0.685. The number of rotatable bonds is 4. The van der Waals surface area contributed by atoms with Crippen molar-refractivity contribution >= 4 is 35.0 Å². The van der Waals surface area contributed by atoms with Crippen molar-refractivity contribution in [3.05, 3.63) is 39.3 Å². The zero-order valence-corrected chi connectivity index (χ0v) is 17.4. The first-order valence-electron chi connectivity index (χ1n) is 8.40. The molecule has 1 fully saturated rings. The smallest absolute Gasteiger partial charge is 0.400 e. The fraction of sp³-hybridized carbons (Fsp3) is 0.500. The third kappa shape index (κ3) is 5.15. The Morgan fingerprint density at radius 2 is 1.78 bits per heavy atom. The standard InChI is InChI=1S/C18H22BBrF3NO3/c1-11(25)24-10-13(19-26-16(2,3)17(4,5)27-19)8-12-6-7-14(20)9-15(12)18(21,22)23/h6-9H,10H2,1-5H3,(H,24,25). The normalized spacial score (nSPS) is 19.3. The molecule has 2 rings (SSSR count). The molecule has 1 amide bonds. The maximum Gasteiger partial charge on any atom is 0.492 e. The first-order valence-corrected chi connectivity index (χ1v) is 9.19. The maximum atomic E-state index is 13.4. The van der Waals surface area contributed by atoms with Crippen LogP contribution in [0.4, 0.5) is 13.2 Å². The minimum Gasteiger partial charge on any atom is -0.400 e. The second-order valence-corrected chi connectivity index (χ2v) is 8.36. The average molecular weight is 448 g/mol. The van der Waals surface area contributed by atoms with Crippen LogP contribution in [0, 0.1) is 0 Å². The van der Waals surface area contributed by atoms with Crippen molar-refractivity contribution in [1.29, 1.82) is 0 Å². The molecule has 0 bridgehead atoms. The Morgan fingerprint density at radius 1 is 1.22 bits per heavy atom. The molecule has 0 spiro atoms. The van der Waals surface area contributed by atoms with Crippen molar-refractivity contribution in [2.24, 2.45) is 0 Å². The third-order valence-corrected chi connectivity index (χ3v) is 5.25. The van der Waals surface area contributed by atoms with Gasteiger partial charge < -0.3 is 14.6 Å². The summed E-state index contributed by atoms with van der Waals surface area (Å²) in [7, 11) is -0.869. The van der Waals surface area contributed by atoms with Crippen LogP contribution in [-0.4, -0.2) is 30.8 Å². The Hall–Kier alpha value is -1.32. The lowest BCUT2D eigenvalue weighted by Crippen LogP contribution is -2.41. The molecule has 0 aliphatic carbocycles. The van der Waals surface area contributed by atoms with Gasteiger partial charge in [-0.05, 0) is 50.9 Å². The first-order chi connectivity index (χ1) is 12.2. The Kier molecular flexibility index (Phi) is 6.19. The van der Waals surface area contributed by atoms with Gasteiger partial charge in [-0.15, -0.1) is 0 Å². The van der Waals surface area contributed by atoms with Gasteiger partial charge in [0.05, 0.1) is 16.8 Å². The maximum absolute atomic E-state index is 13.4. The van der Waals surface area contributed by atoms with E-state index in [2.05, 4.69) is 21.2 Å². The highest BCUT2D eigenvalue weighted by atomic mass is 79.9. The summed E-state index contributed by atoms with van der Waals surface area (Å²) in [4.78, 5) is 11.3. The predicted octanol–water partition coefficient (Wildman–Crippen LogP) is 4.62. The highest BCUT2D eigenvalue weighted by Gasteiger charge is 2.52. The van der Waals surface area contributed by atoms with Crippen LogP contribution < -0.4 is 5.32 Å². The fourth-order valence-corrected chi connectivity index (χ4v) is 2.88. The average Bonchev–Trinajstić information content (AvgIpc) is 2.71. The molecule has 4 nitrogen and oxygen atoms in total. The molecule has 0 atom stereocenters. The molecular formula is C18H22BBrF3NO3. The first kappa shape index (κ1) is 22.0. The van der Waals surface area contributed by atoms with Gasteiger partial charge in [-0.1, -0.05) is 28.1 Å². The summed E-state index contributed by atoms with van der Waals surface area (Å²) in [5.74, 6) is -0.302. The Bertz CT molecular complexity index is 747. The van der Waals surface area contributed by atoms with Gasteiger partial charge in [0.2, 0.25) is 5.91 Å². The van der Waals surface area contributed by atoms with Gasteiger partial charge in [0, 0.05) is 17.9 Å². The predicted molar refractivity (Wildman–Crippen MR) is 102 cm³/mol. The summed E-state index contributed by atoms with van der Waals surface area (Å²) in [5.41, 5.74) is -1.72. The fourth-order valence-electron chi connectivity index (χ4n) is 2.52. The van der Waals surface area contributed by atoms with E-state index in [1.54, 1.807) is 0 Å². The number of carbonyl (C=O) groups is 1.